The zero-order valence-electron chi connectivity index (χ0n) is 15.7. The first-order chi connectivity index (χ1) is 12.4. The summed E-state index contributed by atoms with van der Waals surface area (Å²) in [5.74, 6) is 3.68. The van der Waals surface area contributed by atoms with Crippen LogP contribution in [0.15, 0.2) is 36.4 Å². The van der Waals surface area contributed by atoms with Crippen LogP contribution < -0.4 is 29.6 Å². The Hall–Kier alpha value is -1.50. The predicted octanol–water partition coefficient (Wildman–Crippen LogP) is 4.05. The van der Waals surface area contributed by atoms with Gasteiger partial charge in [0.1, 0.15) is 23.0 Å². The van der Waals surface area contributed by atoms with Crippen LogP contribution in [0, 0.1) is 0 Å². The van der Waals surface area contributed by atoms with Crippen molar-refractivity contribution in [3.8, 4) is 23.0 Å². The first kappa shape index (κ1) is 17.9. The topological polar surface area (TPSA) is 36.9 Å². The number of rotatable bonds is 3. The van der Waals surface area contributed by atoms with Crippen LogP contribution in [-0.2, 0) is 0 Å². The molecular weight excluding hydrogens is 366 g/mol. The number of hydrogen-bond acceptors (Lipinski definition) is 4. The van der Waals surface area contributed by atoms with E-state index in [0.29, 0.717) is 8.58 Å². The summed E-state index contributed by atoms with van der Waals surface area (Å²) in [5, 5.41) is 2.46. The summed E-state index contributed by atoms with van der Waals surface area (Å²) in [7, 11) is 3.32. The highest BCUT2D eigenvalue weighted by molar-refractivity contribution is 7.69. The summed E-state index contributed by atoms with van der Waals surface area (Å²) in [6, 6.07) is 12.1. The molecule has 4 rings (SSSR count). The Morgan fingerprint density at radius 1 is 0.923 bits per heavy atom. The minimum absolute atomic E-state index is 0.00347. The fraction of sp³-hybridized carbons (Fsp3) is 0.400. The molecule has 0 amide bonds. The highest BCUT2D eigenvalue weighted by Crippen LogP contribution is 2.63. The highest BCUT2D eigenvalue weighted by atomic mass is 31.1. The fourth-order valence-corrected chi connectivity index (χ4v) is 8.55. The number of fused-ring (bicyclic) bond motifs is 2. The fourth-order valence-electron chi connectivity index (χ4n) is 3.58. The second-order valence-electron chi connectivity index (χ2n) is 7.37. The summed E-state index contributed by atoms with van der Waals surface area (Å²) < 4.78 is 24.0. The largest absolute Gasteiger partial charge is 0.496 e. The smallest absolute Gasteiger partial charge is 0.162 e. The molecule has 4 unspecified atom stereocenters. The lowest BCUT2D eigenvalue weighted by Crippen LogP contribution is -2.33. The lowest BCUT2D eigenvalue weighted by atomic mass is 10.3. The summed E-state index contributed by atoms with van der Waals surface area (Å²) >= 11 is 0. The summed E-state index contributed by atoms with van der Waals surface area (Å²) in [5.41, 5.74) is 0. The van der Waals surface area contributed by atoms with Crippen molar-refractivity contribution in [2.75, 3.05) is 14.2 Å². The van der Waals surface area contributed by atoms with Crippen molar-refractivity contribution in [1.29, 1.82) is 0 Å². The lowest BCUT2D eigenvalue weighted by molar-refractivity contribution is 0.174. The molecule has 2 aromatic rings. The van der Waals surface area contributed by atoms with Crippen molar-refractivity contribution in [3.05, 3.63) is 36.4 Å². The molecule has 0 saturated heterocycles. The van der Waals surface area contributed by atoms with Gasteiger partial charge in [0.2, 0.25) is 0 Å². The molecule has 4 nitrogen and oxygen atoms in total. The van der Waals surface area contributed by atoms with E-state index in [0.717, 1.165) is 28.3 Å². The van der Waals surface area contributed by atoms with Crippen LogP contribution in [0.5, 0.6) is 23.0 Å². The zero-order valence-corrected chi connectivity index (χ0v) is 17.6. The van der Waals surface area contributed by atoms with Crippen molar-refractivity contribution < 1.29 is 18.9 Å². The molecule has 0 spiro atoms. The van der Waals surface area contributed by atoms with Crippen molar-refractivity contribution >= 4 is 27.1 Å². The molecule has 2 heterocycles. The van der Waals surface area contributed by atoms with Gasteiger partial charge in [0, 0.05) is 0 Å². The Morgan fingerprint density at radius 2 is 1.58 bits per heavy atom. The quantitative estimate of drug-likeness (QED) is 0.741. The molecule has 0 bridgehead atoms. The van der Waals surface area contributed by atoms with Gasteiger partial charge in [-0.15, -0.1) is 0 Å². The molecule has 26 heavy (non-hydrogen) atoms. The number of hydrogen-bond donors (Lipinski definition) is 0. The molecule has 0 fully saturated rings. The van der Waals surface area contributed by atoms with E-state index in [1.807, 2.05) is 36.4 Å². The Labute approximate surface area is 157 Å². The van der Waals surface area contributed by atoms with Crippen LogP contribution in [0.25, 0.3) is 0 Å². The normalized spacial score (nSPS) is 24.6. The van der Waals surface area contributed by atoms with E-state index in [1.54, 1.807) is 14.2 Å². The lowest BCUT2D eigenvalue weighted by Gasteiger charge is -2.34. The van der Waals surface area contributed by atoms with Gasteiger partial charge >= 0.3 is 0 Å². The summed E-state index contributed by atoms with van der Waals surface area (Å²) in [6.07, 6.45) is 0. The SMILES string of the molecule is COc1cccc2c1PC(C1Oc3cccc(OC)c3P1C(C)(C)C)O2. The molecule has 2 aliphatic heterocycles. The van der Waals surface area contributed by atoms with E-state index in [-0.39, 0.29) is 16.8 Å². The second-order valence-corrected chi connectivity index (χ2v) is 11.8. The molecular formula is C20H24O4P2. The maximum Gasteiger partial charge on any atom is 0.162 e. The number of ether oxygens (including phenoxy) is 4. The van der Waals surface area contributed by atoms with Gasteiger partial charge in [-0.05, 0) is 45.9 Å². The van der Waals surface area contributed by atoms with Gasteiger partial charge in [-0.25, -0.2) is 0 Å². The average molecular weight is 390 g/mol. The zero-order chi connectivity index (χ0) is 18.5. The Kier molecular flexibility index (Phi) is 4.53. The Bertz CT molecular complexity index is 831. The van der Waals surface area contributed by atoms with E-state index in [4.69, 9.17) is 18.9 Å². The van der Waals surface area contributed by atoms with Gasteiger partial charge in [0.05, 0.1) is 24.8 Å². The molecule has 0 aliphatic carbocycles. The molecule has 2 aromatic carbocycles. The second kappa shape index (κ2) is 6.59. The highest BCUT2D eigenvalue weighted by Gasteiger charge is 2.49. The molecule has 2 aliphatic rings. The van der Waals surface area contributed by atoms with E-state index in [9.17, 15) is 0 Å². The minimum atomic E-state index is -0.626. The molecule has 6 heteroatoms. The molecule has 138 valence electrons. The first-order valence-electron chi connectivity index (χ1n) is 8.67. The number of methoxy groups -OCH3 is 2. The monoisotopic (exact) mass is 390 g/mol. The van der Waals surface area contributed by atoms with E-state index in [2.05, 4.69) is 20.8 Å². The van der Waals surface area contributed by atoms with Gasteiger partial charge in [-0.2, -0.15) is 0 Å². The average Bonchev–Trinajstić information content (AvgIpc) is 3.21. The third-order valence-corrected chi connectivity index (χ3v) is 9.68. The van der Waals surface area contributed by atoms with Crippen molar-refractivity contribution in [1.82, 2.24) is 0 Å². The maximum atomic E-state index is 6.47. The molecule has 0 radical (unpaired) electrons. The molecule has 0 aromatic heterocycles. The molecule has 0 saturated carbocycles. The van der Waals surface area contributed by atoms with Crippen LogP contribution in [0.1, 0.15) is 20.8 Å². The number of benzene rings is 2. The first-order valence-corrected chi connectivity index (χ1v) is 11.2. The van der Waals surface area contributed by atoms with Crippen LogP contribution in [0.2, 0.25) is 0 Å². The van der Waals surface area contributed by atoms with Crippen LogP contribution in [-0.4, -0.2) is 31.1 Å². The third kappa shape index (κ3) is 2.84. The van der Waals surface area contributed by atoms with Crippen molar-refractivity contribution in [3.63, 3.8) is 0 Å². The van der Waals surface area contributed by atoms with Gasteiger partial charge in [0.25, 0.3) is 0 Å². The van der Waals surface area contributed by atoms with Crippen LogP contribution in [0.4, 0.5) is 0 Å². The molecule has 4 atom stereocenters. The maximum absolute atomic E-state index is 6.47. The summed E-state index contributed by atoms with van der Waals surface area (Å²) in [4.78, 5) is 0. The van der Waals surface area contributed by atoms with Gasteiger partial charge < -0.3 is 18.9 Å². The molecule has 0 N–H and O–H groups in total. The van der Waals surface area contributed by atoms with Crippen molar-refractivity contribution in [2.24, 2.45) is 0 Å². The van der Waals surface area contributed by atoms with Crippen LogP contribution in [0.3, 0.4) is 0 Å². The predicted molar refractivity (Wildman–Crippen MR) is 109 cm³/mol. The van der Waals surface area contributed by atoms with Crippen molar-refractivity contribution in [2.45, 2.75) is 37.6 Å². The van der Waals surface area contributed by atoms with Gasteiger partial charge in [-0.1, -0.05) is 32.9 Å². The third-order valence-electron chi connectivity index (χ3n) is 4.66. The van der Waals surface area contributed by atoms with Gasteiger partial charge in [-0.3, -0.25) is 0 Å². The Morgan fingerprint density at radius 3 is 2.23 bits per heavy atom. The van der Waals surface area contributed by atoms with E-state index < -0.39 is 7.92 Å². The minimum Gasteiger partial charge on any atom is -0.496 e. The van der Waals surface area contributed by atoms with E-state index >= 15 is 0 Å². The Balaban J connectivity index is 1.72. The standard InChI is InChI=1S/C20H24O4P2/c1-20(2,3)26-17-14(22-5)10-7-11-15(17)24-19(26)18-23-13-9-6-8-12(21-4)16(13)25-18/h6-11,18-19,25H,1-5H3. The van der Waals surface area contributed by atoms with Crippen LogP contribution >= 0.6 is 16.5 Å². The van der Waals surface area contributed by atoms with E-state index in [1.165, 1.54) is 5.30 Å². The summed E-state index contributed by atoms with van der Waals surface area (Å²) in [6.45, 7) is 6.84. The van der Waals surface area contributed by atoms with Gasteiger partial charge in [0.15, 0.2) is 11.7 Å².